The van der Waals surface area contributed by atoms with Crippen molar-refractivity contribution in [2.75, 3.05) is 0 Å². The molecule has 0 aromatic heterocycles. The molecule has 0 saturated carbocycles. The second kappa shape index (κ2) is 7.92. The molecule has 0 amide bonds. The standard InChI is InChI=1S/C16H17O4P.Li.H/c1-10-9-11(2)15(16(17)20-21(18)19)12(3)14(10)13-7-5-4-6-8-13;;/h4-9,18-19H,1-3H3;;/q;+1;-1. The molecule has 2 aromatic carbocycles. The van der Waals surface area contributed by atoms with Crippen LogP contribution in [0.3, 0.4) is 0 Å². The molecule has 0 atom stereocenters. The molecule has 0 spiro atoms. The Bertz CT molecular complexity index is 678. The SMILES string of the molecule is Cc1cc(C)c(-c2ccccc2)c(C)c1C(=O)OP(O)O.[H-].[Li+]. The van der Waals surface area contributed by atoms with Gasteiger partial charge < -0.3 is 15.7 Å². The van der Waals surface area contributed by atoms with Crippen LogP contribution in [0, 0.1) is 20.8 Å². The maximum absolute atomic E-state index is 12.1. The molecule has 4 nitrogen and oxygen atoms in total. The van der Waals surface area contributed by atoms with Gasteiger partial charge in [0.05, 0.1) is 5.56 Å². The Labute approximate surface area is 144 Å². The van der Waals surface area contributed by atoms with Crippen molar-refractivity contribution in [3.8, 4) is 11.1 Å². The first-order valence-corrected chi connectivity index (χ1v) is 7.64. The largest absolute Gasteiger partial charge is 1.00 e. The minimum Gasteiger partial charge on any atom is -1.00 e. The predicted molar refractivity (Wildman–Crippen MR) is 84.0 cm³/mol. The first kappa shape index (κ1) is 18.9. The van der Waals surface area contributed by atoms with Gasteiger partial charge in [0.1, 0.15) is 0 Å². The van der Waals surface area contributed by atoms with Crippen LogP contribution >= 0.6 is 8.60 Å². The molecule has 2 N–H and O–H groups in total. The normalized spacial score (nSPS) is 10.3. The van der Waals surface area contributed by atoms with Gasteiger partial charge >= 0.3 is 33.4 Å². The summed E-state index contributed by atoms with van der Waals surface area (Å²) in [6.07, 6.45) is 0. The summed E-state index contributed by atoms with van der Waals surface area (Å²) >= 11 is 0. The van der Waals surface area contributed by atoms with Gasteiger partial charge in [-0.05, 0) is 48.6 Å². The fraction of sp³-hybridized carbons (Fsp3) is 0.188. The molecule has 0 unspecified atom stereocenters. The zero-order valence-corrected chi connectivity index (χ0v) is 14.0. The van der Waals surface area contributed by atoms with E-state index in [0.29, 0.717) is 5.56 Å². The number of carbonyl (C=O) groups excluding carboxylic acids is 1. The van der Waals surface area contributed by atoms with Crippen molar-refractivity contribution in [3.05, 3.63) is 58.7 Å². The van der Waals surface area contributed by atoms with Gasteiger partial charge in [0.15, 0.2) is 0 Å². The van der Waals surface area contributed by atoms with E-state index in [1.54, 1.807) is 0 Å². The van der Waals surface area contributed by atoms with Crippen molar-refractivity contribution in [2.24, 2.45) is 0 Å². The molecule has 0 radical (unpaired) electrons. The zero-order chi connectivity index (χ0) is 15.6. The molecule has 0 bridgehead atoms. The summed E-state index contributed by atoms with van der Waals surface area (Å²) in [4.78, 5) is 29.8. The Morgan fingerprint density at radius 2 is 1.68 bits per heavy atom. The Morgan fingerprint density at radius 3 is 2.23 bits per heavy atom. The van der Waals surface area contributed by atoms with Crippen LogP contribution in [0.5, 0.6) is 0 Å². The van der Waals surface area contributed by atoms with E-state index in [1.165, 1.54) is 0 Å². The molecule has 0 aliphatic carbocycles. The smallest absolute Gasteiger partial charge is 1.00 e. The van der Waals surface area contributed by atoms with Crippen molar-refractivity contribution in [1.82, 2.24) is 0 Å². The Kier molecular flexibility index (Phi) is 6.81. The van der Waals surface area contributed by atoms with Crippen LogP contribution in [-0.2, 0) is 4.52 Å². The maximum Gasteiger partial charge on any atom is 1.00 e. The first-order chi connectivity index (χ1) is 9.91. The average Bonchev–Trinajstić information content (AvgIpc) is 2.38. The van der Waals surface area contributed by atoms with Crippen LogP contribution in [0.25, 0.3) is 11.1 Å². The number of hydrogen-bond acceptors (Lipinski definition) is 4. The molecule has 2 rings (SSSR count). The number of aryl methyl sites for hydroxylation is 2. The quantitative estimate of drug-likeness (QED) is 0.649. The molecule has 0 aliphatic rings. The number of rotatable bonds is 3. The third-order valence-electron chi connectivity index (χ3n) is 3.40. The molecule has 0 aliphatic heterocycles. The second-order valence-electron chi connectivity index (χ2n) is 4.88. The van der Waals surface area contributed by atoms with Crippen LogP contribution in [0.15, 0.2) is 36.4 Å². The third kappa shape index (κ3) is 3.98. The molecular formula is C16H18LiO4P. The van der Waals surface area contributed by atoms with E-state index in [1.807, 2.05) is 57.2 Å². The Hall–Kier alpha value is -1.14. The number of hydrogen-bond donors (Lipinski definition) is 2. The van der Waals surface area contributed by atoms with Gasteiger partial charge in [-0.3, -0.25) is 0 Å². The predicted octanol–water partition coefficient (Wildman–Crippen LogP) is 0.764. The maximum atomic E-state index is 12.1. The van der Waals surface area contributed by atoms with Crippen LogP contribution < -0.4 is 18.9 Å². The molecule has 22 heavy (non-hydrogen) atoms. The van der Waals surface area contributed by atoms with Crippen LogP contribution in [0.2, 0.25) is 0 Å². The summed E-state index contributed by atoms with van der Waals surface area (Å²) in [6, 6.07) is 11.7. The van der Waals surface area contributed by atoms with Gasteiger partial charge in [-0.25, -0.2) is 4.79 Å². The summed E-state index contributed by atoms with van der Waals surface area (Å²) in [7, 11) is -2.71. The first-order valence-electron chi connectivity index (χ1n) is 6.48. The molecular weight excluding hydrogens is 294 g/mol. The number of carbonyl (C=O) groups is 1. The summed E-state index contributed by atoms with van der Waals surface area (Å²) in [5, 5.41) is 0. The third-order valence-corrected chi connectivity index (χ3v) is 3.73. The fourth-order valence-electron chi connectivity index (χ4n) is 2.67. The zero-order valence-electron chi connectivity index (χ0n) is 14.1. The molecule has 112 valence electrons. The molecule has 0 saturated heterocycles. The van der Waals surface area contributed by atoms with E-state index in [4.69, 9.17) is 9.79 Å². The van der Waals surface area contributed by atoms with Crippen LogP contribution in [-0.4, -0.2) is 15.8 Å². The van der Waals surface area contributed by atoms with Gasteiger partial charge in [-0.15, -0.1) is 0 Å². The van der Waals surface area contributed by atoms with Crippen molar-refractivity contribution in [3.63, 3.8) is 0 Å². The molecule has 0 heterocycles. The van der Waals surface area contributed by atoms with E-state index in [2.05, 4.69) is 4.52 Å². The summed E-state index contributed by atoms with van der Waals surface area (Å²) in [6.45, 7) is 5.64. The van der Waals surface area contributed by atoms with Crippen molar-refractivity contribution < 1.29 is 39.4 Å². The molecule has 0 fully saturated rings. The van der Waals surface area contributed by atoms with E-state index in [-0.39, 0.29) is 20.3 Å². The van der Waals surface area contributed by atoms with Gasteiger partial charge in [0.25, 0.3) is 0 Å². The molecule has 6 heteroatoms. The van der Waals surface area contributed by atoms with Gasteiger partial charge in [-0.1, -0.05) is 36.4 Å². The Balaban J connectivity index is 0.00000242. The minimum absolute atomic E-state index is 0. The van der Waals surface area contributed by atoms with Crippen molar-refractivity contribution in [2.45, 2.75) is 20.8 Å². The summed E-state index contributed by atoms with van der Waals surface area (Å²) in [5.74, 6) is -0.710. The average molecular weight is 312 g/mol. The topological polar surface area (TPSA) is 66.8 Å². The van der Waals surface area contributed by atoms with Gasteiger partial charge in [0, 0.05) is 0 Å². The van der Waals surface area contributed by atoms with E-state index < -0.39 is 14.6 Å². The molecule has 2 aromatic rings. The van der Waals surface area contributed by atoms with Crippen molar-refractivity contribution >= 4 is 14.6 Å². The number of benzene rings is 2. The van der Waals surface area contributed by atoms with E-state index >= 15 is 0 Å². The minimum atomic E-state index is -2.71. The van der Waals surface area contributed by atoms with Crippen LogP contribution in [0.1, 0.15) is 28.5 Å². The Morgan fingerprint density at radius 1 is 1.09 bits per heavy atom. The second-order valence-corrected chi connectivity index (χ2v) is 5.57. The van der Waals surface area contributed by atoms with Crippen molar-refractivity contribution in [1.29, 1.82) is 0 Å². The summed E-state index contributed by atoms with van der Waals surface area (Å²) in [5.41, 5.74) is 4.95. The fourth-order valence-corrected chi connectivity index (χ4v) is 2.91. The summed E-state index contributed by atoms with van der Waals surface area (Å²) < 4.78 is 4.57. The monoisotopic (exact) mass is 312 g/mol. The van der Waals surface area contributed by atoms with Gasteiger partial charge in [0.2, 0.25) is 0 Å². The van der Waals surface area contributed by atoms with Gasteiger partial charge in [-0.2, -0.15) is 0 Å². The van der Waals surface area contributed by atoms with E-state index in [0.717, 1.165) is 27.8 Å². The van der Waals surface area contributed by atoms with E-state index in [9.17, 15) is 4.79 Å². The van der Waals surface area contributed by atoms with Crippen LogP contribution in [0.4, 0.5) is 0 Å².